The Hall–Kier alpha value is -0.690. The molecule has 1 aromatic carbocycles. The second-order valence-corrected chi connectivity index (χ2v) is 2.47. The second kappa shape index (κ2) is 10.4. The van der Waals surface area contributed by atoms with Gasteiger partial charge in [-0.15, -0.1) is 0 Å². The van der Waals surface area contributed by atoms with E-state index in [4.69, 9.17) is 16.3 Å². The predicted molar refractivity (Wildman–Crippen MR) is 65.4 cm³/mol. The van der Waals surface area contributed by atoms with Gasteiger partial charge in [-0.2, -0.15) is 0 Å². The van der Waals surface area contributed by atoms with Crippen molar-refractivity contribution in [1.82, 2.24) is 0 Å². The number of methoxy groups -OCH3 is 1. The van der Waals surface area contributed by atoms with Crippen LogP contribution in [-0.4, -0.2) is 7.11 Å². The van der Waals surface area contributed by atoms with Gasteiger partial charge in [-0.1, -0.05) is 45.4 Å². The third-order valence-corrected chi connectivity index (χ3v) is 1.85. The van der Waals surface area contributed by atoms with Crippen LogP contribution < -0.4 is 4.74 Å². The topological polar surface area (TPSA) is 9.23 Å². The molecule has 0 fully saturated rings. The number of hydrogen-bond donors (Lipinski definition) is 0. The van der Waals surface area contributed by atoms with Gasteiger partial charge < -0.3 is 4.74 Å². The highest BCUT2D eigenvalue weighted by Crippen LogP contribution is 2.24. The molecule has 0 unspecified atom stereocenters. The first-order valence-corrected chi connectivity index (χ1v) is 5.42. The summed E-state index contributed by atoms with van der Waals surface area (Å²) in [5, 5.41) is 0.749. The van der Waals surface area contributed by atoms with Crippen molar-refractivity contribution in [3.05, 3.63) is 28.8 Å². The second-order valence-electron chi connectivity index (χ2n) is 2.07. The van der Waals surface area contributed by atoms with Gasteiger partial charge in [0, 0.05) is 10.6 Å². The lowest BCUT2D eigenvalue weighted by Crippen LogP contribution is -1.86. The molecule has 0 aliphatic rings. The molecule has 0 aliphatic heterocycles. The molecule has 1 rings (SSSR count). The number of benzene rings is 1. The van der Waals surface area contributed by atoms with Crippen molar-refractivity contribution < 1.29 is 4.74 Å². The molecular formula is C12H21ClO. The average Bonchev–Trinajstić information content (AvgIpc) is 2.28. The van der Waals surface area contributed by atoms with E-state index in [1.165, 1.54) is 0 Å². The van der Waals surface area contributed by atoms with E-state index in [-0.39, 0.29) is 0 Å². The van der Waals surface area contributed by atoms with Crippen molar-refractivity contribution in [2.45, 2.75) is 34.6 Å². The van der Waals surface area contributed by atoms with Crippen LogP contribution in [0.3, 0.4) is 0 Å². The number of halogens is 1. The Kier molecular flexibility index (Phi) is 11.7. The Labute approximate surface area is 93.0 Å². The number of ether oxygens (including phenoxy) is 1. The van der Waals surface area contributed by atoms with Crippen LogP contribution in [0.25, 0.3) is 0 Å². The summed E-state index contributed by atoms with van der Waals surface area (Å²) >= 11 is 5.81. The summed E-state index contributed by atoms with van der Waals surface area (Å²) in [5.41, 5.74) is 0.992. The van der Waals surface area contributed by atoms with E-state index >= 15 is 0 Å². The lowest BCUT2D eigenvalue weighted by Gasteiger charge is -2.03. The number of hydrogen-bond acceptors (Lipinski definition) is 1. The number of rotatable bonds is 1. The fourth-order valence-corrected chi connectivity index (χ4v) is 0.975. The summed E-state index contributed by atoms with van der Waals surface area (Å²) in [5.74, 6) is 0.840. The Morgan fingerprint density at radius 1 is 1.07 bits per heavy atom. The highest BCUT2D eigenvalue weighted by atomic mass is 35.5. The molecule has 0 heterocycles. The Morgan fingerprint density at radius 3 is 1.93 bits per heavy atom. The lowest BCUT2D eigenvalue weighted by atomic mass is 10.2. The maximum atomic E-state index is 5.81. The third-order valence-electron chi connectivity index (χ3n) is 1.44. The minimum absolute atomic E-state index is 0.749. The molecule has 0 aliphatic carbocycles. The van der Waals surface area contributed by atoms with Crippen LogP contribution in [0.4, 0.5) is 0 Å². The summed E-state index contributed by atoms with van der Waals surface area (Å²) in [6.45, 7) is 9.93. The summed E-state index contributed by atoms with van der Waals surface area (Å²) < 4.78 is 5.04. The fourth-order valence-electron chi connectivity index (χ4n) is 0.809. The predicted octanol–water partition coefficient (Wildman–Crippen LogP) is 4.71. The quantitative estimate of drug-likeness (QED) is 0.661. The van der Waals surface area contributed by atoms with Gasteiger partial charge >= 0.3 is 0 Å². The van der Waals surface area contributed by atoms with Crippen LogP contribution in [0.2, 0.25) is 5.02 Å². The van der Waals surface area contributed by atoms with E-state index in [0.29, 0.717) is 0 Å². The Balaban J connectivity index is 0. The van der Waals surface area contributed by atoms with Crippen LogP contribution in [0.15, 0.2) is 18.2 Å². The maximum absolute atomic E-state index is 5.81. The van der Waals surface area contributed by atoms with E-state index in [2.05, 4.69) is 0 Å². The normalized spacial score (nSPS) is 7.64. The van der Waals surface area contributed by atoms with Crippen molar-refractivity contribution in [3.63, 3.8) is 0 Å². The van der Waals surface area contributed by atoms with Gasteiger partial charge in [-0.05, 0) is 19.1 Å². The Morgan fingerprint density at radius 2 is 1.57 bits per heavy atom. The third kappa shape index (κ3) is 5.13. The molecule has 0 aromatic heterocycles. The summed E-state index contributed by atoms with van der Waals surface area (Å²) in [6, 6.07) is 5.61. The van der Waals surface area contributed by atoms with E-state index in [1.54, 1.807) is 7.11 Å². The van der Waals surface area contributed by atoms with Crippen LogP contribution >= 0.6 is 11.6 Å². The smallest absolute Gasteiger partial charge is 0.123 e. The molecule has 0 radical (unpaired) electrons. The van der Waals surface area contributed by atoms with Crippen molar-refractivity contribution in [1.29, 1.82) is 0 Å². The minimum Gasteiger partial charge on any atom is -0.496 e. The first-order valence-electron chi connectivity index (χ1n) is 5.05. The van der Waals surface area contributed by atoms with Crippen LogP contribution in [-0.2, 0) is 0 Å². The first-order chi connectivity index (χ1) is 6.75. The largest absolute Gasteiger partial charge is 0.496 e. The average molecular weight is 217 g/mol. The summed E-state index contributed by atoms with van der Waals surface area (Å²) in [4.78, 5) is 0. The zero-order chi connectivity index (χ0) is 11.6. The van der Waals surface area contributed by atoms with Crippen molar-refractivity contribution in [2.75, 3.05) is 7.11 Å². The van der Waals surface area contributed by atoms with Gasteiger partial charge in [-0.25, -0.2) is 0 Å². The molecule has 14 heavy (non-hydrogen) atoms. The molecule has 0 spiro atoms. The highest BCUT2D eigenvalue weighted by molar-refractivity contribution is 6.31. The molecular weight excluding hydrogens is 196 g/mol. The van der Waals surface area contributed by atoms with Crippen LogP contribution in [0.5, 0.6) is 5.75 Å². The standard InChI is InChI=1S/C8H9ClO.2C2H6/c1-6-7(9)4-3-5-8(6)10-2;2*1-2/h3-5H,1-2H3;2*1-2H3. The van der Waals surface area contributed by atoms with E-state index in [0.717, 1.165) is 16.3 Å². The molecule has 0 N–H and O–H groups in total. The van der Waals surface area contributed by atoms with Crippen molar-refractivity contribution >= 4 is 11.6 Å². The van der Waals surface area contributed by atoms with Gasteiger partial charge in [0.15, 0.2) is 0 Å². The zero-order valence-corrected chi connectivity index (χ0v) is 10.8. The fraction of sp³-hybridized carbons (Fsp3) is 0.500. The Bertz CT molecular complexity index is 234. The summed E-state index contributed by atoms with van der Waals surface area (Å²) in [6.07, 6.45) is 0. The molecule has 82 valence electrons. The van der Waals surface area contributed by atoms with E-state index < -0.39 is 0 Å². The van der Waals surface area contributed by atoms with Gasteiger partial charge in [0.2, 0.25) is 0 Å². The summed E-state index contributed by atoms with van der Waals surface area (Å²) in [7, 11) is 1.64. The van der Waals surface area contributed by atoms with Crippen molar-refractivity contribution in [2.24, 2.45) is 0 Å². The van der Waals surface area contributed by atoms with Gasteiger partial charge in [0.25, 0.3) is 0 Å². The van der Waals surface area contributed by atoms with Crippen LogP contribution in [0.1, 0.15) is 33.3 Å². The van der Waals surface area contributed by atoms with Crippen LogP contribution in [0, 0.1) is 6.92 Å². The molecule has 0 atom stereocenters. The highest BCUT2D eigenvalue weighted by Gasteiger charge is 1.99. The molecule has 0 saturated carbocycles. The van der Waals surface area contributed by atoms with E-state index in [9.17, 15) is 0 Å². The molecule has 2 heteroatoms. The van der Waals surface area contributed by atoms with Gasteiger partial charge in [-0.3, -0.25) is 0 Å². The van der Waals surface area contributed by atoms with Gasteiger partial charge in [0.1, 0.15) is 5.75 Å². The first kappa shape index (κ1) is 15.8. The lowest BCUT2D eigenvalue weighted by molar-refractivity contribution is 0.412. The maximum Gasteiger partial charge on any atom is 0.123 e. The molecule has 1 aromatic rings. The monoisotopic (exact) mass is 216 g/mol. The molecule has 0 saturated heterocycles. The SMILES string of the molecule is CC.CC.COc1cccc(Cl)c1C. The molecule has 0 amide bonds. The van der Waals surface area contributed by atoms with Crippen molar-refractivity contribution in [3.8, 4) is 5.75 Å². The zero-order valence-electron chi connectivity index (χ0n) is 10.0. The minimum atomic E-state index is 0.749. The molecule has 1 nitrogen and oxygen atoms in total. The molecule has 0 bridgehead atoms. The van der Waals surface area contributed by atoms with Gasteiger partial charge in [0.05, 0.1) is 7.11 Å². The van der Waals surface area contributed by atoms with E-state index in [1.807, 2.05) is 52.8 Å².